The van der Waals surface area contributed by atoms with Gasteiger partial charge in [-0.2, -0.15) is 0 Å². The van der Waals surface area contributed by atoms with Gasteiger partial charge in [-0.15, -0.1) is 0 Å². The lowest BCUT2D eigenvalue weighted by Gasteiger charge is -2.22. The van der Waals surface area contributed by atoms with Gasteiger partial charge < -0.3 is 15.4 Å². The van der Waals surface area contributed by atoms with Gasteiger partial charge in [0.15, 0.2) is 5.11 Å². The van der Waals surface area contributed by atoms with Crippen LogP contribution >= 0.6 is 12.2 Å². The molecule has 27 heavy (non-hydrogen) atoms. The van der Waals surface area contributed by atoms with Crippen molar-refractivity contribution in [2.75, 3.05) is 11.9 Å². The summed E-state index contributed by atoms with van der Waals surface area (Å²) in [5, 5.41) is 7.14. The predicted octanol–water partition coefficient (Wildman–Crippen LogP) is 5.23. The molecule has 1 atom stereocenters. The molecule has 0 aromatic heterocycles. The third-order valence-electron chi connectivity index (χ3n) is 4.72. The number of nitrogens with one attached hydrogen (secondary N) is 2. The Morgan fingerprint density at radius 1 is 1.11 bits per heavy atom. The maximum atomic E-state index is 12.1. The first kappa shape index (κ1) is 20.9. The Kier molecular flexibility index (Phi) is 7.36. The van der Waals surface area contributed by atoms with Gasteiger partial charge in [0.2, 0.25) is 0 Å². The molecule has 2 N–H and O–H groups in total. The van der Waals surface area contributed by atoms with E-state index in [9.17, 15) is 4.79 Å². The van der Waals surface area contributed by atoms with Crippen molar-refractivity contribution in [3.05, 3.63) is 64.2 Å². The number of carbonyl (C=O) groups is 1. The van der Waals surface area contributed by atoms with E-state index >= 15 is 0 Å². The van der Waals surface area contributed by atoms with Gasteiger partial charge in [0, 0.05) is 5.69 Å². The van der Waals surface area contributed by atoms with E-state index in [2.05, 4.69) is 49.6 Å². The molecule has 0 heterocycles. The summed E-state index contributed by atoms with van der Waals surface area (Å²) in [6.45, 7) is 10.4. The second-order valence-electron chi connectivity index (χ2n) is 6.60. The van der Waals surface area contributed by atoms with Gasteiger partial charge >= 0.3 is 5.97 Å². The highest BCUT2D eigenvalue weighted by molar-refractivity contribution is 7.80. The molecule has 0 fully saturated rings. The highest BCUT2D eigenvalue weighted by atomic mass is 32.1. The molecule has 0 spiro atoms. The molecule has 0 aliphatic carbocycles. The van der Waals surface area contributed by atoms with Crippen molar-refractivity contribution >= 4 is 29.0 Å². The monoisotopic (exact) mass is 384 g/mol. The molecule has 0 bridgehead atoms. The second-order valence-corrected chi connectivity index (χ2v) is 7.01. The van der Waals surface area contributed by atoms with E-state index in [-0.39, 0.29) is 12.0 Å². The first-order valence-corrected chi connectivity index (χ1v) is 9.69. The molecule has 1 unspecified atom stereocenters. The molecule has 5 heteroatoms. The van der Waals surface area contributed by atoms with Gasteiger partial charge in [0.1, 0.15) is 0 Å². The highest BCUT2D eigenvalue weighted by Gasteiger charge is 2.15. The fourth-order valence-corrected chi connectivity index (χ4v) is 3.17. The quantitative estimate of drug-likeness (QED) is 0.528. The molecule has 0 aliphatic heterocycles. The van der Waals surface area contributed by atoms with Crippen LogP contribution in [-0.4, -0.2) is 17.7 Å². The van der Waals surface area contributed by atoms with E-state index in [0.717, 1.165) is 17.7 Å². The van der Waals surface area contributed by atoms with Crippen molar-refractivity contribution in [3.8, 4) is 0 Å². The number of thiocarbonyl (C=S) groups is 1. The number of rotatable bonds is 6. The molecule has 2 aromatic rings. The Labute approximate surface area is 167 Å². The van der Waals surface area contributed by atoms with E-state index in [1.807, 2.05) is 19.1 Å². The minimum absolute atomic E-state index is 0.123. The van der Waals surface area contributed by atoms with Crippen molar-refractivity contribution in [2.24, 2.45) is 0 Å². The normalized spacial score (nSPS) is 11.6. The molecule has 0 radical (unpaired) electrons. The Bertz CT molecular complexity index is 833. The van der Waals surface area contributed by atoms with Gasteiger partial charge in [-0.05, 0) is 80.7 Å². The van der Waals surface area contributed by atoms with Crippen LogP contribution in [0.2, 0.25) is 0 Å². The number of carbonyl (C=O) groups excluding carboxylic acids is 1. The molecular formula is C22H28N2O2S. The fraction of sp³-hybridized carbons (Fsp3) is 0.364. The van der Waals surface area contributed by atoms with Crippen LogP contribution in [0.3, 0.4) is 0 Å². The van der Waals surface area contributed by atoms with Crippen LogP contribution in [0.15, 0.2) is 36.4 Å². The minimum Gasteiger partial charge on any atom is -0.462 e. The summed E-state index contributed by atoms with van der Waals surface area (Å²) in [4.78, 5) is 12.1. The highest BCUT2D eigenvalue weighted by Crippen LogP contribution is 2.22. The van der Waals surface area contributed by atoms with E-state index in [1.165, 1.54) is 16.7 Å². The Morgan fingerprint density at radius 3 is 2.48 bits per heavy atom. The summed E-state index contributed by atoms with van der Waals surface area (Å²) in [7, 11) is 0. The lowest BCUT2D eigenvalue weighted by atomic mass is 9.99. The van der Waals surface area contributed by atoms with Crippen LogP contribution in [0.5, 0.6) is 0 Å². The van der Waals surface area contributed by atoms with Crippen molar-refractivity contribution in [1.29, 1.82) is 0 Å². The third-order valence-corrected chi connectivity index (χ3v) is 4.94. The van der Waals surface area contributed by atoms with Crippen LogP contribution in [0, 0.1) is 20.8 Å². The van der Waals surface area contributed by atoms with Crippen LogP contribution in [-0.2, 0) is 4.74 Å². The van der Waals surface area contributed by atoms with Crippen molar-refractivity contribution in [2.45, 2.75) is 47.1 Å². The maximum Gasteiger partial charge on any atom is 0.338 e. The smallest absolute Gasteiger partial charge is 0.338 e. The first-order chi connectivity index (χ1) is 12.9. The summed E-state index contributed by atoms with van der Waals surface area (Å²) in [6, 6.07) is 12.1. The molecule has 2 rings (SSSR count). The number of esters is 1. The zero-order valence-corrected chi connectivity index (χ0v) is 17.5. The fourth-order valence-electron chi connectivity index (χ4n) is 2.92. The molecule has 0 aliphatic rings. The lowest BCUT2D eigenvalue weighted by Crippen LogP contribution is -2.32. The molecule has 0 amide bonds. The topological polar surface area (TPSA) is 50.4 Å². The zero-order valence-electron chi connectivity index (χ0n) is 16.7. The summed E-state index contributed by atoms with van der Waals surface area (Å²) < 4.78 is 5.11. The average Bonchev–Trinajstić information content (AvgIpc) is 2.64. The third kappa shape index (κ3) is 5.30. The van der Waals surface area contributed by atoms with Gasteiger partial charge in [-0.25, -0.2) is 4.79 Å². The number of benzene rings is 2. The summed E-state index contributed by atoms with van der Waals surface area (Å²) >= 11 is 5.52. The molecule has 0 saturated heterocycles. The predicted molar refractivity (Wildman–Crippen MR) is 115 cm³/mol. The zero-order chi connectivity index (χ0) is 20.0. The Morgan fingerprint density at radius 2 is 1.85 bits per heavy atom. The number of anilines is 1. The molecule has 4 nitrogen and oxygen atoms in total. The summed E-state index contributed by atoms with van der Waals surface area (Å²) in [6.07, 6.45) is 0.909. The van der Waals surface area contributed by atoms with Gasteiger partial charge in [0.25, 0.3) is 0 Å². The van der Waals surface area contributed by atoms with E-state index < -0.39 is 0 Å². The number of aryl methyl sites for hydroxylation is 2. The average molecular weight is 385 g/mol. The van der Waals surface area contributed by atoms with Crippen LogP contribution in [0.4, 0.5) is 5.69 Å². The van der Waals surface area contributed by atoms with Crippen LogP contribution in [0.1, 0.15) is 58.9 Å². The van der Waals surface area contributed by atoms with Gasteiger partial charge in [-0.3, -0.25) is 0 Å². The summed E-state index contributed by atoms with van der Waals surface area (Å²) in [5.41, 5.74) is 5.92. The van der Waals surface area contributed by atoms with E-state index in [0.29, 0.717) is 17.3 Å². The van der Waals surface area contributed by atoms with Crippen LogP contribution in [0.25, 0.3) is 0 Å². The first-order valence-electron chi connectivity index (χ1n) is 9.28. The second kappa shape index (κ2) is 9.51. The summed E-state index contributed by atoms with van der Waals surface area (Å²) in [5.74, 6) is -0.320. The molecule has 2 aromatic carbocycles. The minimum atomic E-state index is -0.320. The number of hydrogen-bond acceptors (Lipinski definition) is 3. The Hall–Kier alpha value is -2.40. The van der Waals surface area contributed by atoms with Gasteiger partial charge in [-0.1, -0.05) is 31.2 Å². The molecule has 0 saturated carbocycles. The lowest BCUT2D eigenvalue weighted by molar-refractivity contribution is 0.0525. The maximum absolute atomic E-state index is 12.1. The van der Waals surface area contributed by atoms with Crippen molar-refractivity contribution < 1.29 is 9.53 Å². The standard InChI is InChI=1S/C22H28N2O2S/c1-6-19(17-12-11-14(3)15(4)13-17)23-22(27)24-20-10-8-9-18(16(20)5)21(25)26-7-2/h8-13,19H,6-7H2,1-5H3,(H2,23,24,27). The van der Waals surface area contributed by atoms with Crippen molar-refractivity contribution in [1.82, 2.24) is 5.32 Å². The Balaban J connectivity index is 2.13. The van der Waals surface area contributed by atoms with Gasteiger partial charge in [0.05, 0.1) is 18.2 Å². The van der Waals surface area contributed by atoms with Crippen LogP contribution < -0.4 is 10.6 Å². The number of ether oxygens (including phenoxy) is 1. The molecule has 144 valence electrons. The number of hydrogen-bond donors (Lipinski definition) is 2. The van der Waals surface area contributed by atoms with E-state index in [1.54, 1.807) is 13.0 Å². The SMILES string of the molecule is CCOC(=O)c1cccc(NC(=S)NC(CC)c2ccc(C)c(C)c2)c1C. The molecular weight excluding hydrogens is 356 g/mol. The largest absolute Gasteiger partial charge is 0.462 e. The van der Waals surface area contributed by atoms with E-state index in [4.69, 9.17) is 17.0 Å². The van der Waals surface area contributed by atoms with Crippen molar-refractivity contribution in [3.63, 3.8) is 0 Å².